The molecule has 0 aliphatic heterocycles. The van der Waals surface area contributed by atoms with Crippen LogP contribution < -0.4 is 10.6 Å². The Morgan fingerprint density at radius 2 is 2.05 bits per heavy atom. The Morgan fingerprint density at radius 1 is 1.35 bits per heavy atom. The Kier molecular flexibility index (Phi) is 4.65. The van der Waals surface area contributed by atoms with Crippen LogP contribution in [0.5, 0.6) is 0 Å². The monoisotopic (exact) mass is 280 g/mol. The van der Waals surface area contributed by atoms with Crippen molar-refractivity contribution in [3.8, 4) is 0 Å². The summed E-state index contributed by atoms with van der Waals surface area (Å²) in [6.45, 7) is 1.78. The molecule has 1 aliphatic carbocycles. The second-order valence-corrected chi connectivity index (χ2v) is 5.15. The van der Waals surface area contributed by atoms with Crippen LogP contribution in [0.4, 0.5) is 4.79 Å². The molecule has 3 N–H and O–H groups in total. The molecule has 20 heavy (non-hydrogen) atoms. The summed E-state index contributed by atoms with van der Waals surface area (Å²) < 4.78 is 5.29. The van der Waals surface area contributed by atoms with Crippen molar-refractivity contribution in [1.29, 1.82) is 0 Å². The maximum atomic E-state index is 11.7. The van der Waals surface area contributed by atoms with Gasteiger partial charge in [0, 0.05) is 6.04 Å². The van der Waals surface area contributed by atoms with Crippen molar-refractivity contribution < 1.29 is 19.1 Å². The van der Waals surface area contributed by atoms with Crippen LogP contribution in [0.3, 0.4) is 0 Å². The van der Waals surface area contributed by atoms with Gasteiger partial charge in [0.2, 0.25) is 0 Å². The Morgan fingerprint density at radius 3 is 2.65 bits per heavy atom. The first-order valence-electron chi connectivity index (χ1n) is 6.93. The molecule has 1 saturated carbocycles. The van der Waals surface area contributed by atoms with E-state index in [1.54, 1.807) is 6.92 Å². The van der Waals surface area contributed by atoms with Gasteiger partial charge in [-0.05, 0) is 25.8 Å². The molecule has 0 aromatic carbocycles. The minimum absolute atomic E-state index is 0.134. The smallest absolute Gasteiger partial charge is 0.339 e. The van der Waals surface area contributed by atoms with Gasteiger partial charge in [-0.2, -0.15) is 0 Å². The average molecular weight is 280 g/mol. The molecule has 0 unspecified atom stereocenters. The number of rotatable bonds is 4. The van der Waals surface area contributed by atoms with Gasteiger partial charge in [0.15, 0.2) is 0 Å². The topological polar surface area (TPSA) is 91.6 Å². The second-order valence-electron chi connectivity index (χ2n) is 5.15. The van der Waals surface area contributed by atoms with E-state index >= 15 is 0 Å². The van der Waals surface area contributed by atoms with Crippen molar-refractivity contribution in [2.75, 3.05) is 0 Å². The number of carboxylic acids is 1. The summed E-state index contributed by atoms with van der Waals surface area (Å²) >= 11 is 0. The highest BCUT2D eigenvalue weighted by Crippen LogP contribution is 2.17. The summed E-state index contributed by atoms with van der Waals surface area (Å²) in [5, 5.41) is 14.5. The molecule has 1 heterocycles. The molecule has 0 atom stereocenters. The number of urea groups is 1. The summed E-state index contributed by atoms with van der Waals surface area (Å²) in [6, 6.07) is 1.46. The molecule has 1 fully saturated rings. The van der Waals surface area contributed by atoms with Crippen molar-refractivity contribution in [1.82, 2.24) is 10.6 Å². The zero-order valence-corrected chi connectivity index (χ0v) is 11.6. The number of nitrogens with one attached hydrogen (secondary N) is 2. The number of carbonyl (C=O) groups is 2. The van der Waals surface area contributed by atoms with E-state index < -0.39 is 5.97 Å². The van der Waals surface area contributed by atoms with E-state index in [-0.39, 0.29) is 24.2 Å². The standard InChI is InChI=1S/C14H20N2O4/c1-9-12(13(17)18)7-11(20-9)8-15-14(19)16-10-5-3-2-4-6-10/h7,10H,2-6,8H2,1H3,(H,17,18)(H2,15,16,19). The van der Waals surface area contributed by atoms with Gasteiger partial charge in [-0.3, -0.25) is 0 Å². The fourth-order valence-corrected chi connectivity index (χ4v) is 2.49. The van der Waals surface area contributed by atoms with E-state index in [2.05, 4.69) is 10.6 Å². The van der Waals surface area contributed by atoms with Gasteiger partial charge in [0.05, 0.1) is 6.54 Å². The van der Waals surface area contributed by atoms with E-state index in [0.29, 0.717) is 11.5 Å². The Bertz CT molecular complexity index is 489. The van der Waals surface area contributed by atoms with E-state index in [1.807, 2.05) is 0 Å². The zero-order chi connectivity index (χ0) is 14.5. The molecule has 0 saturated heterocycles. The van der Waals surface area contributed by atoms with Crippen LogP contribution in [0.2, 0.25) is 0 Å². The fourth-order valence-electron chi connectivity index (χ4n) is 2.49. The summed E-state index contributed by atoms with van der Waals surface area (Å²) in [7, 11) is 0. The number of carbonyl (C=O) groups excluding carboxylic acids is 1. The summed E-state index contributed by atoms with van der Waals surface area (Å²) in [6.07, 6.45) is 5.60. The van der Waals surface area contributed by atoms with E-state index in [1.165, 1.54) is 12.5 Å². The number of aryl methyl sites for hydroxylation is 1. The highest BCUT2D eigenvalue weighted by atomic mass is 16.4. The predicted molar refractivity (Wildman–Crippen MR) is 72.6 cm³/mol. The van der Waals surface area contributed by atoms with Crippen LogP contribution in [0.1, 0.15) is 54.0 Å². The molecule has 110 valence electrons. The van der Waals surface area contributed by atoms with Crippen molar-refractivity contribution >= 4 is 12.0 Å². The van der Waals surface area contributed by atoms with Gasteiger partial charge in [-0.1, -0.05) is 19.3 Å². The number of hydrogen-bond acceptors (Lipinski definition) is 3. The normalized spacial score (nSPS) is 15.8. The van der Waals surface area contributed by atoms with Crippen LogP contribution in [0.25, 0.3) is 0 Å². The largest absolute Gasteiger partial charge is 0.478 e. The minimum Gasteiger partial charge on any atom is -0.478 e. The first-order chi connectivity index (χ1) is 9.56. The Hall–Kier alpha value is -1.98. The molecule has 1 aliphatic rings. The SMILES string of the molecule is Cc1oc(CNC(=O)NC2CCCCC2)cc1C(=O)O. The lowest BCUT2D eigenvalue weighted by molar-refractivity contribution is 0.0695. The first kappa shape index (κ1) is 14.4. The van der Waals surface area contributed by atoms with Crippen LogP contribution in [0.15, 0.2) is 10.5 Å². The highest BCUT2D eigenvalue weighted by Gasteiger charge is 2.17. The highest BCUT2D eigenvalue weighted by molar-refractivity contribution is 5.88. The van der Waals surface area contributed by atoms with Crippen molar-refractivity contribution in [2.45, 2.75) is 51.6 Å². The molecule has 0 bridgehead atoms. The van der Waals surface area contributed by atoms with Crippen LogP contribution in [-0.2, 0) is 6.54 Å². The predicted octanol–water partition coefficient (Wildman–Crippen LogP) is 2.42. The third kappa shape index (κ3) is 3.76. The van der Waals surface area contributed by atoms with Crippen molar-refractivity contribution in [3.05, 3.63) is 23.2 Å². The molecule has 2 rings (SSSR count). The summed E-state index contributed by atoms with van der Waals surface area (Å²) in [4.78, 5) is 22.6. The number of carboxylic acid groups (broad SMARTS) is 1. The van der Waals surface area contributed by atoms with Gasteiger partial charge in [0.1, 0.15) is 17.1 Å². The van der Waals surface area contributed by atoms with Gasteiger partial charge in [-0.25, -0.2) is 9.59 Å². The average Bonchev–Trinajstić information content (AvgIpc) is 2.79. The lowest BCUT2D eigenvalue weighted by atomic mass is 9.96. The second kappa shape index (κ2) is 6.45. The number of hydrogen-bond donors (Lipinski definition) is 3. The molecule has 6 nitrogen and oxygen atoms in total. The lowest BCUT2D eigenvalue weighted by Gasteiger charge is -2.22. The third-order valence-corrected chi connectivity index (χ3v) is 3.56. The molecule has 6 heteroatoms. The lowest BCUT2D eigenvalue weighted by Crippen LogP contribution is -2.42. The molecule has 2 amide bonds. The summed E-state index contributed by atoms with van der Waals surface area (Å²) in [5.74, 6) is -0.232. The van der Waals surface area contributed by atoms with Gasteiger partial charge >= 0.3 is 12.0 Å². The van der Waals surface area contributed by atoms with E-state index in [9.17, 15) is 9.59 Å². The van der Waals surface area contributed by atoms with Gasteiger partial charge in [-0.15, -0.1) is 0 Å². The van der Waals surface area contributed by atoms with E-state index in [0.717, 1.165) is 25.7 Å². The number of amides is 2. The molecular formula is C14H20N2O4. The minimum atomic E-state index is -1.02. The molecule has 1 aromatic heterocycles. The molecular weight excluding hydrogens is 260 g/mol. The number of furan rings is 1. The molecule has 1 aromatic rings. The maximum absolute atomic E-state index is 11.7. The maximum Gasteiger partial charge on any atom is 0.339 e. The van der Waals surface area contributed by atoms with Gasteiger partial charge < -0.3 is 20.2 Å². The molecule has 0 radical (unpaired) electrons. The van der Waals surface area contributed by atoms with Crippen LogP contribution >= 0.6 is 0 Å². The number of aromatic carboxylic acids is 1. The van der Waals surface area contributed by atoms with Crippen LogP contribution in [-0.4, -0.2) is 23.1 Å². The summed E-state index contributed by atoms with van der Waals surface area (Å²) in [5.41, 5.74) is 0.134. The van der Waals surface area contributed by atoms with Gasteiger partial charge in [0.25, 0.3) is 0 Å². The van der Waals surface area contributed by atoms with Crippen molar-refractivity contribution in [3.63, 3.8) is 0 Å². The first-order valence-corrected chi connectivity index (χ1v) is 6.93. The van der Waals surface area contributed by atoms with Crippen molar-refractivity contribution in [2.24, 2.45) is 0 Å². The van der Waals surface area contributed by atoms with E-state index in [4.69, 9.17) is 9.52 Å². The quantitative estimate of drug-likeness (QED) is 0.789. The third-order valence-electron chi connectivity index (χ3n) is 3.56. The Balaban J connectivity index is 1.80. The van der Waals surface area contributed by atoms with Crippen LogP contribution in [0, 0.1) is 6.92 Å². The zero-order valence-electron chi connectivity index (χ0n) is 11.6. The molecule has 0 spiro atoms. The Labute approximate surface area is 117 Å². The fraction of sp³-hybridized carbons (Fsp3) is 0.571.